The van der Waals surface area contributed by atoms with Crippen molar-refractivity contribution in [3.05, 3.63) is 32.2 Å². The zero-order chi connectivity index (χ0) is 13.4. The first kappa shape index (κ1) is 15.4. The molecular formula is C12H12Br4O2. The number of alkyl halides is 2. The highest BCUT2D eigenvalue weighted by Gasteiger charge is 2.43. The van der Waals surface area contributed by atoms with E-state index in [0.717, 1.165) is 20.1 Å². The number of rotatable bonds is 2. The first-order valence-corrected chi connectivity index (χ1v) is 8.76. The lowest BCUT2D eigenvalue weighted by Gasteiger charge is -2.39. The molecule has 0 spiro atoms. The van der Waals surface area contributed by atoms with Gasteiger partial charge >= 0.3 is 0 Å². The Morgan fingerprint density at radius 2 is 1.17 bits per heavy atom. The van der Waals surface area contributed by atoms with Crippen molar-refractivity contribution in [3.63, 3.8) is 0 Å². The van der Waals surface area contributed by atoms with E-state index in [2.05, 4.69) is 63.7 Å². The molecule has 0 fully saturated rings. The van der Waals surface area contributed by atoms with Crippen LogP contribution in [0, 0.1) is 0 Å². The summed E-state index contributed by atoms with van der Waals surface area (Å²) < 4.78 is 13.4. The molecule has 0 heterocycles. The van der Waals surface area contributed by atoms with Crippen LogP contribution in [-0.2, 0) is 9.47 Å². The Morgan fingerprint density at radius 3 is 1.44 bits per heavy atom. The summed E-state index contributed by atoms with van der Waals surface area (Å²) >= 11 is 14.6. The number of halogens is 4. The first-order chi connectivity index (χ1) is 8.52. The molecule has 0 saturated carbocycles. The maximum atomic E-state index is 5.65. The summed E-state index contributed by atoms with van der Waals surface area (Å²) in [4.78, 5) is 0.288. The highest BCUT2D eigenvalue weighted by Crippen LogP contribution is 2.50. The molecule has 0 N–H and O–H groups in total. The molecule has 0 amide bonds. The first-order valence-electron chi connectivity index (χ1n) is 5.34. The van der Waals surface area contributed by atoms with Crippen molar-refractivity contribution >= 4 is 63.7 Å². The average Bonchev–Trinajstić information content (AvgIpc) is 2.36. The van der Waals surface area contributed by atoms with Crippen LogP contribution in [0.25, 0.3) is 0 Å². The Kier molecular flexibility index (Phi) is 5.34. The predicted molar refractivity (Wildman–Crippen MR) is 86.8 cm³/mol. The minimum atomic E-state index is -0.0253. The second kappa shape index (κ2) is 6.22. The Bertz CT molecular complexity index is 411. The van der Waals surface area contributed by atoms with Gasteiger partial charge in [-0.05, 0) is 12.1 Å². The zero-order valence-corrected chi connectivity index (χ0v) is 16.1. The third kappa shape index (κ3) is 2.49. The number of methoxy groups -OCH3 is 2. The topological polar surface area (TPSA) is 18.5 Å². The van der Waals surface area contributed by atoms with Gasteiger partial charge < -0.3 is 9.47 Å². The molecule has 0 saturated heterocycles. The lowest BCUT2D eigenvalue weighted by atomic mass is 9.87. The third-order valence-electron chi connectivity index (χ3n) is 3.14. The molecule has 4 atom stereocenters. The Labute approximate surface area is 140 Å². The molecule has 100 valence electrons. The molecule has 0 aliphatic heterocycles. The van der Waals surface area contributed by atoms with Crippen LogP contribution in [0.3, 0.4) is 0 Å². The quantitative estimate of drug-likeness (QED) is 0.517. The molecular weight excluding hydrogens is 496 g/mol. The summed E-state index contributed by atoms with van der Waals surface area (Å²) in [5.74, 6) is 0. The molecule has 1 aromatic rings. The van der Waals surface area contributed by atoms with Crippen molar-refractivity contribution in [2.75, 3.05) is 14.2 Å². The normalized spacial score (nSPS) is 31.2. The van der Waals surface area contributed by atoms with Crippen LogP contribution in [0.2, 0.25) is 0 Å². The molecule has 0 bridgehead atoms. The monoisotopic (exact) mass is 504 g/mol. The van der Waals surface area contributed by atoms with Crippen molar-refractivity contribution in [3.8, 4) is 0 Å². The van der Waals surface area contributed by atoms with Gasteiger partial charge in [-0.25, -0.2) is 0 Å². The van der Waals surface area contributed by atoms with Crippen molar-refractivity contribution in [1.82, 2.24) is 0 Å². The molecule has 0 unspecified atom stereocenters. The van der Waals surface area contributed by atoms with E-state index in [1.807, 2.05) is 12.1 Å². The van der Waals surface area contributed by atoms with E-state index < -0.39 is 0 Å². The van der Waals surface area contributed by atoms with Gasteiger partial charge in [0.05, 0.1) is 21.9 Å². The third-order valence-corrected chi connectivity index (χ3v) is 7.33. The molecule has 0 aromatic heterocycles. The molecule has 1 aliphatic carbocycles. The highest BCUT2D eigenvalue weighted by atomic mass is 79.9. The van der Waals surface area contributed by atoms with Crippen LogP contribution in [0.1, 0.15) is 23.3 Å². The number of hydrogen-bond acceptors (Lipinski definition) is 2. The fourth-order valence-corrected chi connectivity index (χ4v) is 4.97. The predicted octanol–water partition coefficient (Wildman–Crippen LogP) is 5.13. The fraction of sp³-hybridized carbons (Fsp3) is 0.500. The highest BCUT2D eigenvalue weighted by molar-refractivity contribution is 9.12. The van der Waals surface area contributed by atoms with Gasteiger partial charge in [-0.1, -0.05) is 63.7 Å². The van der Waals surface area contributed by atoms with Crippen molar-refractivity contribution in [2.45, 2.75) is 21.9 Å². The van der Waals surface area contributed by atoms with Gasteiger partial charge in [0.15, 0.2) is 0 Å². The van der Waals surface area contributed by atoms with Crippen molar-refractivity contribution in [2.24, 2.45) is 0 Å². The summed E-state index contributed by atoms with van der Waals surface area (Å²) in [6.45, 7) is 0. The SMILES string of the molecule is CO[C@@H]1c2c(Br)ccc(Br)c2[C@@H](OC)[C@H](Br)[C@H]1Br. The lowest BCUT2D eigenvalue weighted by molar-refractivity contribution is 0.0446. The smallest absolute Gasteiger partial charge is 0.0972 e. The molecule has 1 aromatic carbocycles. The average molecular weight is 508 g/mol. The van der Waals surface area contributed by atoms with E-state index >= 15 is 0 Å². The van der Waals surface area contributed by atoms with Crippen molar-refractivity contribution < 1.29 is 9.47 Å². The van der Waals surface area contributed by atoms with Gasteiger partial charge in [0.2, 0.25) is 0 Å². The van der Waals surface area contributed by atoms with E-state index in [4.69, 9.17) is 9.47 Å². The Morgan fingerprint density at radius 1 is 0.833 bits per heavy atom. The molecule has 2 rings (SSSR count). The number of benzene rings is 1. The van der Waals surface area contributed by atoms with Crippen LogP contribution in [0.15, 0.2) is 21.1 Å². The van der Waals surface area contributed by atoms with Gasteiger partial charge in [-0.2, -0.15) is 0 Å². The second-order valence-corrected chi connectivity index (χ2v) is 7.88. The van der Waals surface area contributed by atoms with Crippen LogP contribution < -0.4 is 0 Å². The van der Waals surface area contributed by atoms with Crippen molar-refractivity contribution in [1.29, 1.82) is 0 Å². The van der Waals surface area contributed by atoms with E-state index in [1.165, 1.54) is 0 Å². The molecule has 0 radical (unpaired) electrons. The molecule has 6 heteroatoms. The molecule has 18 heavy (non-hydrogen) atoms. The number of hydrogen-bond donors (Lipinski definition) is 0. The van der Waals surface area contributed by atoms with Crippen LogP contribution in [-0.4, -0.2) is 23.9 Å². The number of ether oxygens (including phenoxy) is 2. The van der Waals surface area contributed by atoms with Gasteiger partial charge in [-0.3, -0.25) is 0 Å². The minimum absolute atomic E-state index is 0.0253. The summed E-state index contributed by atoms with van der Waals surface area (Å²) in [7, 11) is 3.45. The minimum Gasteiger partial charge on any atom is -0.375 e. The summed E-state index contributed by atoms with van der Waals surface area (Å²) in [5.41, 5.74) is 2.27. The molecule has 1 aliphatic rings. The summed E-state index contributed by atoms with van der Waals surface area (Å²) in [5, 5.41) is 0. The van der Waals surface area contributed by atoms with Crippen LogP contribution >= 0.6 is 63.7 Å². The van der Waals surface area contributed by atoms with Crippen LogP contribution in [0.4, 0.5) is 0 Å². The maximum absolute atomic E-state index is 5.65. The van der Waals surface area contributed by atoms with Crippen LogP contribution in [0.5, 0.6) is 0 Å². The van der Waals surface area contributed by atoms with Gasteiger partial charge in [-0.15, -0.1) is 0 Å². The largest absolute Gasteiger partial charge is 0.375 e. The number of fused-ring (bicyclic) bond motifs is 1. The Hall–Kier alpha value is 1.06. The Balaban J connectivity index is 2.67. The lowest BCUT2D eigenvalue weighted by Crippen LogP contribution is -2.36. The molecule has 2 nitrogen and oxygen atoms in total. The van der Waals surface area contributed by atoms with E-state index in [0.29, 0.717) is 0 Å². The standard InChI is InChI=1S/C12H12Br4O2/c1-17-11-7-5(13)3-4-6(14)8(7)12(18-2)10(16)9(11)15/h3-4,9-12H,1-2H3/t9-,10-,11-,12-/m1/s1. The fourth-order valence-electron chi connectivity index (χ4n) is 2.31. The summed E-state index contributed by atoms with van der Waals surface area (Å²) in [6.07, 6.45) is -0.0506. The van der Waals surface area contributed by atoms with Gasteiger partial charge in [0.1, 0.15) is 0 Å². The summed E-state index contributed by atoms with van der Waals surface area (Å²) in [6, 6.07) is 4.05. The second-order valence-electron chi connectivity index (χ2n) is 4.06. The van der Waals surface area contributed by atoms with Gasteiger partial charge in [0.25, 0.3) is 0 Å². The zero-order valence-electron chi connectivity index (χ0n) is 9.79. The van der Waals surface area contributed by atoms with E-state index in [-0.39, 0.29) is 21.9 Å². The van der Waals surface area contributed by atoms with E-state index in [1.54, 1.807) is 14.2 Å². The van der Waals surface area contributed by atoms with E-state index in [9.17, 15) is 0 Å². The maximum Gasteiger partial charge on any atom is 0.0972 e. The van der Waals surface area contributed by atoms with Gasteiger partial charge in [0, 0.05) is 34.3 Å².